The fourth-order valence-corrected chi connectivity index (χ4v) is 13.6. The van der Waals surface area contributed by atoms with Crippen LogP contribution in [0.1, 0.15) is 0 Å². The van der Waals surface area contributed by atoms with Gasteiger partial charge in [-0.1, -0.05) is 64.8 Å². The lowest BCUT2D eigenvalue weighted by molar-refractivity contribution is 1.49. The Morgan fingerprint density at radius 1 is 0.423 bits per heavy atom. The Kier molecular flexibility index (Phi) is 33.1. The first-order valence-corrected chi connectivity index (χ1v) is 21.4. The fraction of sp³-hybridized carbons (Fsp3) is 1.00. The second-order valence-corrected chi connectivity index (χ2v) is 17.7. The molecule has 26 heavy (non-hydrogen) atoms. The Balaban J connectivity index is 2.95. The lowest BCUT2D eigenvalue weighted by Gasteiger charge is -2.03. The van der Waals surface area contributed by atoms with Gasteiger partial charge in [0.15, 0.2) is 0 Å². The standard InChI is InChI=1S/C15H32S11/c1-17-4-10-21-22-12-6-19-8-14-25-26-15-9-20-7-13-24-23-11-5-18-3-2-16/h16H,2-15H2,1H3. The Hall–Kier alpha value is 3.85. The van der Waals surface area contributed by atoms with Crippen molar-refractivity contribution in [2.45, 2.75) is 0 Å². The number of thioether (sulfide) groups is 4. The molecule has 11 heteroatoms. The predicted molar refractivity (Wildman–Crippen MR) is 159 cm³/mol. The molecule has 0 unspecified atom stereocenters. The molecule has 0 saturated heterocycles. The summed E-state index contributed by atoms with van der Waals surface area (Å²) in [6, 6.07) is 0. The fourth-order valence-electron chi connectivity index (χ4n) is 1.31. The molecule has 0 spiro atoms. The number of hydrogen-bond acceptors (Lipinski definition) is 11. The number of thiol groups is 1. The molecule has 0 saturated carbocycles. The average Bonchev–Trinajstić information content (AvgIpc) is 2.66. The van der Waals surface area contributed by atoms with Gasteiger partial charge in [0.2, 0.25) is 0 Å². The van der Waals surface area contributed by atoms with Crippen LogP contribution < -0.4 is 0 Å². The molecule has 0 aliphatic rings. The molecular formula is C15H32S11. The van der Waals surface area contributed by atoms with Crippen molar-refractivity contribution in [3.63, 3.8) is 0 Å². The van der Waals surface area contributed by atoms with Gasteiger partial charge in [-0.05, 0) is 12.0 Å². The van der Waals surface area contributed by atoms with E-state index in [0.29, 0.717) is 0 Å². The van der Waals surface area contributed by atoms with Crippen molar-refractivity contribution in [1.82, 2.24) is 0 Å². The highest BCUT2D eigenvalue weighted by atomic mass is 33.1. The predicted octanol–water partition coefficient (Wildman–Crippen LogP) is 7.62. The van der Waals surface area contributed by atoms with Crippen molar-refractivity contribution < 1.29 is 0 Å². The Labute approximate surface area is 208 Å². The van der Waals surface area contributed by atoms with Crippen molar-refractivity contribution >= 4 is 124 Å². The molecule has 0 aromatic rings. The van der Waals surface area contributed by atoms with E-state index in [4.69, 9.17) is 0 Å². The Morgan fingerprint density at radius 3 is 1.04 bits per heavy atom. The van der Waals surface area contributed by atoms with Gasteiger partial charge in [0, 0.05) is 74.8 Å². The first kappa shape index (κ1) is 29.9. The van der Waals surface area contributed by atoms with E-state index in [1.807, 2.05) is 66.7 Å². The summed E-state index contributed by atoms with van der Waals surface area (Å²) in [5.41, 5.74) is 0. The van der Waals surface area contributed by atoms with Crippen LogP contribution in [-0.4, -0.2) is 86.8 Å². The third kappa shape index (κ3) is 27.8. The molecule has 0 aromatic carbocycles. The second kappa shape index (κ2) is 28.9. The smallest absolute Gasteiger partial charge is 0.0128 e. The van der Waals surface area contributed by atoms with E-state index in [1.165, 1.54) is 74.8 Å². The largest absolute Gasteiger partial charge is 0.179 e. The summed E-state index contributed by atoms with van der Waals surface area (Å²) < 4.78 is 0. The van der Waals surface area contributed by atoms with Gasteiger partial charge in [-0.25, -0.2) is 0 Å². The molecule has 0 aliphatic carbocycles. The van der Waals surface area contributed by atoms with Crippen LogP contribution in [0.15, 0.2) is 0 Å². The molecular weight excluding hydrogens is 533 g/mol. The van der Waals surface area contributed by atoms with Gasteiger partial charge in [-0.15, -0.1) is 0 Å². The molecule has 0 amide bonds. The van der Waals surface area contributed by atoms with Gasteiger partial charge in [-0.3, -0.25) is 0 Å². The summed E-state index contributed by atoms with van der Waals surface area (Å²) in [4.78, 5) is 0. The summed E-state index contributed by atoms with van der Waals surface area (Å²) in [5, 5.41) is 0. The minimum absolute atomic E-state index is 1.01. The lowest BCUT2D eigenvalue weighted by Crippen LogP contribution is -1.90. The zero-order valence-electron chi connectivity index (χ0n) is 15.4. The van der Waals surface area contributed by atoms with Gasteiger partial charge < -0.3 is 0 Å². The molecule has 0 heterocycles. The SMILES string of the molecule is CSCCSSCCSCCSSCCSCCSSCCSCCS. The Morgan fingerprint density at radius 2 is 0.731 bits per heavy atom. The molecule has 0 nitrogen and oxygen atoms in total. The first-order chi connectivity index (χ1) is 12.9. The summed E-state index contributed by atoms with van der Waals surface area (Å²) in [7, 11) is 12.3. The van der Waals surface area contributed by atoms with Crippen LogP contribution >= 0.6 is 124 Å². The van der Waals surface area contributed by atoms with Crippen molar-refractivity contribution in [3.05, 3.63) is 0 Å². The van der Waals surface area contributed by atoms with Gasteiger partial charge in [-0.2, -0.15) is 59.7 Å². The van der Waals surface area contributed by atoms with Crippen molar-refractivity contribution in [3.8, 4) is 0 Å². The van der Waals surface area contributed by atoms with Gasteiger partial charge in [0.05, 0.1) is 0 Å². The third-order valence-corrected chi connectivity index (χ3v) is 15.3. The maximum atomic E-state index is 4.23. The Bertz CT molecular complexity index is 222. The van der Waals surface area contributed by atoms with Gasteiger partial charge in [0.1, 0.15) is 0 Å². The van der Waals surface area contributed by atoms with Crippen molar-refractivity contribution in [2.24, 2.45) is 0 Å². The molecule has 0 rings (SSSR count). The highest BCUT2D eigenvalue weighted by Gasteiger charge is 1.96. The van der Waals surface area contributed by atoms with E-state index in [2.05, 4.69) is 64.0 Å². The van der Waals surface area contributed by atoms with Crippen LogP contribution in [0.25, 0.3) is 0 Å². The maximum absolute atomic E-state index is 4.23. The van der Waals surface area contributed by atoms with Crippen LogP contribution in [0.5, 0.6) is 0 Å². The van der Waals surface area contributed by atoms with Crippen LogP contribution in [-0.2, 0) is 0 Å². The quantitative estimate of drug-likeness (QED) is 0.0744. The zero-order valence-corrected chi connectivity index (χ0v) is 24.5. The summed E-state index contributed by atoms with van der Waals surface area (Å²) in [5.74, 6) is 17.7. The third-order valence-electron chi connectivity index (χ3n) is 2.41. The monoisotopic (exact) mass is 564 g/mol. The van der Waals surface area contributed by atoms with Crippen molar-refractivity contribution in [1.29, 1.82) is 0 Å². The minimum atomic E-state index is 1.01. The maximum Gasteiger partial charge on any atom is 0.0128 e. The first-order valence-electron chi connectivity index (χ1n) is 8.48. The van der Waals surface area contributed by atoms with E-state index >= 15 is 0 Å². The van der Waals surface area contributed by atoms with Crippen LogP contribution in [0.2, 0.25) is 0 Å². The molecule has 0 aromatic heterocycles. The minimum Gasteiger partial charge on any atom is -0.179 e. The molecule has 0 bridgehead atoms. The van der Waals surface area contributed by atoms with Crippen LogP contribution in [0.3, 0.4) is 0 Å². The number of rotatable bonds is 23. The lowest BCUT2D eigenvalue weighted by atomic mass is 10.9. The number of hydrogen-bond donors (Lipinski definition) is 1. The van der Waals surface area contributed by atoms with E-state index in [0.717, 1.165) is 5.75 Å². The van der Waals surface area contributed by atoms with Crippen molar-refractivity contribution in [2.75, 3.05) is 86.8 Å². The molecule has 158 valence electrons. The van der Waals surface area contributed by atoms with Gasteiger partial charge in [0.25, 0.3) is 0 Å². The van der Waals surface area contributed by atoms with Crippen LogP contribution in [0.4, 0.5) is 0 Å². The van der Waals surface area contributed by atoms with E-state index in [-0.39, 0.29) is 0 Å². The van der Waals surface area contributed by atoms with E-state index in [9.17, 15) is 0 Å². The highest BCUT2D eigenvalue weighted by molar-refractivity contribution is 8.77. The summed E-state index contributed by atoms with van der Waals surface area (Å²) in [6.45, 7) is 0. The highest BCUT2D eigenvalue weighted by Crippen LogP contribution is 2.26. The topological polar surface area (TPSA) is 0 Å². The molecule has 0 aliphatic heterocycles. The summed E-state index contributed by atoms with van der Waals surface area (Å²) in [6.07, 6.45) is 2.18. The molecule has 0 atom stereocenters. The molecule has 0 N–H and O–H groups in total. The van der Waals surface area contributed by atoms with Gasteiger partial charge >= 0.3 is 0 Å². The summed E-state index contributed by atoms with van der Waals surface area (Å²) >= 11 is 12.4. The second-order valence-electron chi connectivity index (χ2n) is 4.49. The van der Waals surface area contributed by atoms with E-state index in [1.54, 1.807) is 0 Å². The average molecular weight is 565 g/mol. The zero-order chi connectivity index (χ0) is 19.0. The molecule has 0 radical (unpaired) electrons. The normalized spacial score (nSPS) is 11.3. The van der Waals surface area contributed by atoms with Crippen LogP contribution in [0, 0.1) is 0 Å². The molecule has 0 fully saturated rings. The van der Waals surface area contributed by atoms with E-state index < -0.39 is 0 Å².